The van der Waals surface area contributed by atoms with Gasteiger partial charge in [0.15, 0.2) is 0 Å². The van der Waals surface area contributed by atoms with Crippen molar-refractivity contribution in [3.63, 3.8) is 0 Å². The fourth-order valence-corrected chi connectivity index (χ4v) is 1.59. The number of hydrogen-bond donors (Lipinski definition) is 4. The highest BCUT2D eigenvalue weighted by atomic mass is 32.2. The van der Waals surface area contributed by atoms with Gasteiger partial charge in [0.05, 0.1) is 0 Å². The Balaban J connectivity index is 3.94. The second kappa shape index (κ2) is 9.58. The van der Waals surface area contributed by atoms with Crippen LogP contribution in [0.1, 0.15) is 12.8 Å². The van der Waals surface area contributed by atoms with Gasteiger partial charge in [-0.15, -0.1) is 0 Å². The predicted molar refractivity (Wildman–Crippen MR) is 69.6 cm³/mol. The number of carboxylic acid groups (broad SMARTS) is 1. The van der Waals surface area contributed by atoms with Crippen molar-refractivity contribution in [1.82, 2.24) is 16.0 Å². The van der Waals surface area contributed by atoms with Crippen LogP contribution in [0.25, 0.3) is 0 Å². The van der Waals surface area contributed by atoms with Crippen LogP contribution in [-0.2, 0) is 9.59 Å². The molecule has 0 aliphatic carbocycles. The van der Waals surface area contributed by atoms with Crippen LogP contribution in [-0.4, -0.2) is 54.7 Å². The first-order chi connectivity index (χ1) is 8.51. The molecule has 3 amide bonds. The second-order valence-electron chi connectivity index (χ2n) is 3.50. The lowest BCUT2D eigenvalue weighted by Crippen LogP contribution is -2.46. The van der Waals surface area contributed by atoms with E-state index in [1.54, 1.807) is 0 Å². The maximum atomic E-state index is 11.4. The summed E-state index contributed by atoms with van der Waals surface area (Å²) in [6, 6.07) is -1.48. The summed E-state index contributed by atoms with van der Waals surface area (Å²) in [7, 11) is 1.51. The van der Waals surface area contributed by atoms with Crippen molar-refractivity contribution in [3.8, 4) is 0 Å². The third-order valence-electron chi connectivity index (χ3n) is 2.13. The van der Waals surface area contributed by atoms with Crippen LogP contribution in [0.4, 0.5) is 4.79 Å². The fourth-order valence-electron chi connectivity index (χ4n) is 1.12. The predicted octanol–water partition coefficient (Wildman–Crippen LogP) is -0.372. The van der Waals surface area contributed by atoms with E-state index in [9.17, 15) is 14.4 Å². The fraction of sp³-hybridized carbons (Fsp3) is 0.700. The number of carboxylic acids is 1. The lowest BCUT2D eigenvalue weighted by atomic mass is 10.2. The standard InChI is InChI=1S/C10H19N3O4S/c1-11-8(14)3-5-12-10(17)13-7(9(15)16)4-6-18-2/h7H,3-6H2,1-2H3,(H,11,14)(H,15,16)(H2,12,13,17)/t7-/m1/s1. The Morgan fingerprint density at radius 2 is 2.00 bits per heavy atom. The minimum atomic E-state index is -1.06. The van der Waals surface area contributed by atoms with Gasteiger partial charge in [-0.3, -0.25) is 4.79 Å². The molecule has 104 valence electrons. The Hall–Kier alpha value is -1.44. The summed E-state index contributed by atoms with van der Waals surface area (Å²) >= 11 is 1.51. The highest BCUT2D eigenvalue weighted by molar-refractivity contribution is 7.98. The monoisotopic (exact) mass is 277 g/mol. The van der Waals surface area contributed by atoms with Crippen LogP contribution in [0.5, 0.6) is 0 Å². The first-order valence-electron chi connectivity index (χ1n) is 5.48. The summed E-state index contributed by atoms with van der Waals surface area (Å²) in [5.74, 6) is -0.604. The average molecular weight is 277 g/mol. The van der Waals surface area contributed by atoms with Crippen LogP contribution >= 0.6 is 11.8 Å². The summed E-state index contributed by atoms with van der Waals surface area (Å²) in [4.78, 5) is 33.1. The molecule has 0 rings (SSSR count). The molecule has 0 aromatic heterocycles. The van der Waals surface area contributed by atoms with Crippen LogP contribution in [0.2, 0.25) is 0 Å². The van der Waals surface area contributed by atoms with E-state index in [0.717, 1.165) is 0 Å². The van der Waals surface area contributed by atoms with Crippen molar-refractivity contribution in [2.45, 2.75) is 18.9 Å². The molecule has 1 atom stereocenters. The smallest absolute Gasteiger partial charge is 0.326 e. The van der Waals surface area contributed by atoms with E-state index < -0.39 is 18.0 Å². The SMILES string of the molecule is CNC(=O)CCNC(=O)N[C@H](CCSC)C(=O)O. The molecule has 0 saturated heterocycles. The molecule has 0 fully saturated rings. The zero-order valence-electron chi connectivity index (χ0n) is 10.5. The number of rotatable bonds is 8. The molecule has 18 heavy (non-hydrogen) atoms. The number of urea groups is 1. The van der Waals surface area contributed by atoms with Gasteiger partial charge in [-0.05, 0) is 18.4 Å². The molecule has 4 N–H and O–H groups in total. The lowest BCUT2D eigenvalue weighted by molar-refractivity contribution is -0.139. The van der Waals surface area contributed by atoms with Gasteiger partial charge in [0.25, 0.3) is 0 Å². The molecule has 0 aliphatic heterocycles. The van der Waals surface area contributed by atoms with Gasteiger partial charge in [0, 0.05) is 20.0 Å². The number of hydrogen-bond acceptors (Lipinski definition) is 4. The Morgan fingerprint density at radius 1 is 1.33 bits per heavy atom. The van der Waals surface area contributed by atoms with Gasteiger partial charge in [-0.2, -0.15) is 11.8 Å². The highest BCUT2D eigenvalue weighted by Crippen LogP contribution is 2.00. The Kier molecular flexibility index (Phi) is 8.81. The minimum absolute atomic E-state index is 0.159. The van der Waals surface area contributed by atoms with Gasteiger partial charge < -0.3 is 21.1 Å². The number of nitrogens with one attached hydrogen (secondary N) is 3. The largest absolute Gasteiger partial charge is 0.480 e. The maximum absolute atomic E-state index is 11.4. The number of carbonyl (C=O) groups is 3. The van der Waals surface area contributed by atoms with Crippen LogP contribution in [0.3, 0.4) is 0 Å². The van der Waals surface area contributed by atoms with Gasteiger partial charge in [0.2, 0.25) is 5.91 Å². The third kappa shape index (κ3) is 7.77. The van der Waals surface area contributed by atoms with E-state index in [0.29, 0.717) is 12.2 Å². The maximum Gasteiger partial charge on any atom is 0.326 e. The van der Waals surface area contributed by atoms with Crippen molar-refractivity contribution < 1.29 is 19.5 Å². The summed E-state index contributed by atoms with van der Waals surface area (Å²) < 4.78 is 0. The molecule has 0 radical (unpaired) electrons. The van der Waals surface area contributed by atoms with Gasteiger partial charge in [0.1, 0.15) is 6.04 Å². The third-order valence-corrected chi connectivity index (χ3v) is 2.77. The molecular formula is C10H19N3O4S. The molecule has 0 aromatic rings. The molecule has 0 heterocycles. The zero-order chi connectivity index (χ0) is 14.0. The zero-order valence-corrected chi connectivity index (χ0v) is 11.3. The van der Waals surface area contributed by atoms with Gasteiger partial charge in [-0.25, -0.2) is 9.59 Å². The Bertz CT molecular complexity index is 299. The van der Waals surface area contributed by atoms with Crippen molar-refractivity contribution in [2.75, 3.05) is 25.6 Å². The molecular weight excluding hydrogens is 258 g/mol. The van der Waals surface area contributed by atoms with Gasteiger partial charge >= 0.3 is 12.0 Å². The van der Waals surface area contributed by atoms with E-state index in [1.165, 1.54) is 18.8 Å². The lowest BCUT2D eigenvalue weighted by Gasteiger charge is -2.14. The molecule has 0 saturated carbocycles. The molecule has 7 nitrogen and oxygen atoms in total. The van der Waals surface area contributed by atoms with E-state index in [-0.39, 0.29) is 18.9 Å². The minimum Gasteiger partial charge on any atom is -0.480 e. The van der Waals surface area contributed by atoms with Crippen molar-refractivity contribution in [2.24, 2.45) is 0 Å². The van der Waals surface area contributed by atoms with E-state index in [2.05, 4.69) is 16.0 Å². The summed E-state index contributed by atoms with van der Waals surface area (Å²) in [6.07, 6.45) is 2.38. The first kappa shape index (κ1) is 16.6. The summed E-state index contributed by atoms with van der Waals surface area (Å²) in [6.45, 7) is 0.167. The first-order valence-corrected chi connectivity index (χ1v) is 6.87. The van der Waals surface area contributed by atoms with Crippen molar-refractivity contribution in [3.05, 3.63) is 0 Å². The highest BCUT2D eigenvalue weighted by Gasteiger charge is 2.18. The normalized spacial score (nSPS) is 11.4. The van der Waals surface area contributed by atoms with E-state index in [4.69, 9.17) is 5.11 Å². The summed E-state index contributed by atoms with van der Waals surface area (Å²) in [5, 5.41) is 16.1. The molecule has 0 spiro atoms. The topological polar surface area (TPSA) is 108 Å². The van der Waals surface area contributed by atoms with E-state index >= 15 is 0 Å². The molecule has 0 aliphatic rings. The quantitative estimate of drug-likeness (QED) is 0.484. The number of carbonyl (C=O) groups excluding carboxylic acids is 2. The molecule has 8 heteroatoms. The average Bonchev–Trinajstić information content (AvgIpc) is 2.33. The van der Waals surface area contributed by atoms with Crippen LogP contribution < -0.4 is 16.0 Å². The number of thioether (sulfide) groups is 1. The van der Waals surface area contributed by atoms with Crippen molar-refractivity contribution in [1.29, 1.82) is 0 Å². The number of amides is 3. The summed E-state index contributed by atoms with van der Waals surface area (Å²) in [5.41, 5.74) is 0. The molecule has 0 bridgehead atoms. The van der Waals surface area contributed by atoms with Gasteiger partial charge in [-0.1, -0.05) is 0 Å². The van der Waals surface area contributed by atoms with Crippen LogP contribution in [0.15, 0.2) is 0 Å². The molecule has 0 aromatic carbocycles. The Morgan fingerprint density at radius 3 is 2.50 bits per heavy atom. The Labute approximate surface area is 110 Å². The van der Waals surface area contributed by atoms with Crippen LogP contribution in [0, 0.1) is 0 Å². The second-order valence-corrected chi connectivity index (χ2v) is 4.48. The van der Waals surface area contributed by atoms with Crippen molar-refractivity contribution >= 4 is 29.7 Å². The van der Waals surface area contributed by atoms with E-state index in [1.807, 2.05) is 6.26 Å². The molecule has 0 unspecified atom stereocenters. The number of aliphatic carboxylic acids is 1.